The predicted octanol–water partition coefficient (Wildman–Crippen LogP) is 3.51. The molecule has 4 nitrogen and oxygen atoms in total. The molecular formula is C20H15N3O. The van der Waals surface area contributed by atoms with Gasteiger partial charge in [-0.3, -0.25) is 14.3 Å². The third kappa shape index (κ3) is 2.58. The third-order valence-corrected chi connectivity index (χ3v) is 3.96. The van der Waals surface area contributed by atoms with E-state index in [4.69, 9.17) is 4.98 Å². The van der Waals surface area contributed by atoms with E-state index in [0.717, 1.165) is 11.1 Å². The number of para-hydroxylation sites is 1. The maximum Gasteiger partial charge on any atom is 0.261 e. The topological polar surface area (TPSA) is 47.8 Å². The van der Waals surface area contributed by atoms with Gasteiger partial charge in [-0.25, -0.2) is 4.98 Å². The van der Waals surface area contributed by atoms with Crippen LogP contribution in [0.3, 0.4) is 0 Å². The van der Waals surface area contributed by atoms with E-state index in [2.05, 4.69) is 4.98 Å². The number of aromatic nitrogens is 3. The summed E-state index contributed by atoms with van der Waals surface area (Å²) in [7, 11) is 0. The fraction of sp³-hybridized carbons (Fsp3) is 0.0500. The first-order valence-electron chi connectivity index (χ1n) is 7.77. The summed E-state index contributed by atoms with van der Waals surface area (Å²) >= 11 is 0. The quantitative estimate of drug-likeness (QED) is 0.581. The average Bonchev–Trinajstić information content (AvgIpc) is 2.65. The Morgan fingerprint density at radius 2 is 1.67 bits per heavy atom. The molecule has 0 saturated heterocycles. The van der Waals surface area contributed by atoms with Crippen LogP contribution in [0.2, 0.25) is 0 Å². The minimum Gasteiger partial charge on any atom is -0.288 e. The minimum absolute atomic E-state index is 0.0386. The van der Waals surface area contributed by atoms with Crippen molar-refractivity contribution >= 4 is 10.9 Å². The SMILES string of the molecule is O=c1c2ccccc2nc(-c2cccnc2)n1Cc1ccccc1. The average molecular weight is 313 g/mol. The summed E-state index contributed by atoms with van der Waals surface area (Å²) in [5, 5.41) is 0.626. The minimum atomic E-state index is -0.0386. The Morgan fingerprint density at radius 3 is 2.46 bits per heavy atom. The van der Waals surface area contributed by atoms with Gasteiger partial charge in [-0.1, -0.05) is 42.5 Å². The normalized spacial score (nSPS) is 10.8. The summed E-state index contributed by atoms with van der Waals surface area (Å²) in [6.07, 6.45) is 3.45. The zero-order valence-electron chi connectivity index (χ0n) is 13.0. The molecule has 0 fully saturated rings. The highest BCUT2D eigenvalue weighted by molar-refractivity contribution is 5.79. The van der Waals surface area contributed by atoms with E-state index in [9.17, 15) is 4.79 Å². The Labute approximate surface area is 139 Å². The summed E-state index contributed by atoms with van der Waals surface area (Å²) < 4.78 is 1.72. The first-order valence-corrected chi connectivity index (χ1v) is 7.77. The molecule has 4 rings (SSSR count). The predicted molar refractivity (Wildman–Crippen MR) is 94.8 cm³/mol. The molecule has 4 aromatic rings. The van der Waals surface area contributed by atoms with E-state index >= 15 is 0 Å². The molecule has 0 N–H and O–H groups in total. The van der Waals surface area contributed by atoms with E-state index in [1.54, 1.807) is 17.0 Å². The zero-order chi connectivity index (χ0) is 16.4. The number of pyridine rings is 1. The Kier molecular flexibility index (Phi) is 3.63. The number of nitrogens with zero attached hydrogens (tertiary/aromatic N) is 3. The Hall–Kier alpha value is -3.27. The summed E-state index contributed by atoms with van der Waals surface area (Å²) in [6, 6.07) is 21.1. The first-order chi connectivity index (χ1) is 11.8. The van der Waals surface area contributed by atoms with Crippen LogP contribution in [0.4, 0.5) is 0 Å². The van der Waals surface area contributed by atoms with Crippen LogP contribution in [-0.4, -0.2) is 14.5 Å². The lowest BCUT2D eigenvalue weighted by Crippen LogP contribution is -2.24. The highest BCUT2D eigenvalue weighted by Crippen LogP contribution is 2.19. The van der Waals surface area contributed by atoms with Gasteiger partial charge in [0.1, 0.15) is 5.82 Å². The number of hydrogen-bond acceptors (Lipinski definition) is 3. The summed E-state index contributed by atoms with van der Waals surface area (Å²) in [5.41, 5.74) is 2.55. The molecule has 2 aromatic carbocycles. The molecule has 0 aliphatic carbocycles. The maximum absolute atomic E-state index is 13.0. The molecule has 4 heteroatoms. The van der Waals surface area contributed by atoms with Crippen molar-refractivity contribution in [1.82, 2.24) is 14.5 Å². The number of benzene rings is 2. The van der Waals surface area contributed by atoms with Crippen LogP contribution >= 0.6 is 0 Å². The molecular weight excluding hydrogens is 298 g/mol. The second-order valence-corrected chi connectivity index (χ2v) is 5.57. The summed E-state index contributed by atoms with van der Waals surface area (Å²) in [4.78, 5) is 21.9. The highest BCUT2D eigenvalue weighted by Gasteiger charge is 2.13. The zero-order valence-corrected chi connectivity index (χ0v) is 13.0. The molecule has 0 aliphatic heterocycles. The molecule has 0 atom stereocenters. The molecule has 2 heterocycles. The highest BCUT2D eigenvalue weighted by atomic mass is 16.1. The summed E-state index contributed by atoms with van der Waals surface area (Å²) in [6.45, 7) is 0.474. The fourth-order valence-electron chi connectivity index (χ4n) is 2.80. The lowest BCUT2D eigenvalue weighted by molar-refractivity contribution is 0.759. The molecule has 24 heavy (non-hydrogen) atoms. The number of hydrogen-bond donors (Lipinski definition) is 0. The lowest BCUT2D eigenvalue weighted by Gasteiger charge is -2.13. The monoisotopic (exact) mass is 313 g/mol. The van der Waals surface area contributed by atoms with Crippen LogP contribution in [0.5, 0.6) is 0 Å². The number of fused-ring (bicyclic) bond motifs is 1. The summed E-state index contributed by atoms with van der Waals surface area (Å²) in [5.74, 6) is 0.635. The fourth-order valence-corrected chi connectivity index (χ4v) is 2.80. The van der Waals surface area contributed by atoms with Crippen LogP contribution in [0.1, 0.15) is 5.56 Å². The molecule has 0 unspecified atom stereocenters. The van der Waals surface area contributed by atoms with Gasteiger partial charge in [-0.2, -0.15) is 0 Å². The van der Waals surface area contributed by atoms with Crippen LogP contribution in [0, 0.1) is 0 Å². The smallest absolute Gasteiger partial charge is 0.261 e. The van der Waals surface area contributed by atoms with Gasteiger partial charge in [0.05, 0.1) is 17.4 Å². The Bertz CT molecular complexity index is 1040. The van der Waals surface area contributed by atoms with Crippen LogP contribution in [0.25, 0.3) is 22.3 Å². The Balaban J connectivity index is 1.98. The molecule has 0 spiro atoms. The molecule has 0 saturated carbocycles. The van der Waals surface area contributed by atoms with Crippen molar-refractivity contribution in [1.29, 1.82) is 0 Å². The molecule has 116 valence electrons. The van der Waals surface area contributed by atoms with E-state index in [-0.39, 0.29) is 5.56 Å². The van der Waals surface area contributed by atoms with Gasteiger partial charge in [0.15, 0.2) is 0 Å². The molecule has 0 aliphatic rings. The van der Waals surface area contributed by atoms with Crippen LogP contribution < -0.4 is 5.56 Å². The van der Waals surface area contributed by atoms with Gasteiger partial charge in [0.2, 0.25) is 0 Å². The van der Waals surface area contributed by atoms with Crippen molar-refractivity contribution < 1.29 is 0 Å². The number of rotatable bonds is 3. The van der Waals surface area contributed by atoms with Crippen molar-refractivity contribution in [2.24, 2.45) is 0 Å². The second-order valence-electron chi connectivity index (χ2n) is 5.57. The molecule has 0 bridgehead atoms. The molecule has 2 aromatic heterocycles. The van der Waals surface area contributed by atoms with Crippen molar-refractivity contribution in [2.45, 2.75) is 6.54 Å². The van der Waals surface area contributed by atoms with Gasteiger partial charge in [0, 0.05) is 18.0 Å². The van der Waals surface area contributed by atoms with E-state index < -0.39 is 0 Å². The lowest BCUT2D eigenvalue weighted by atomic mass is 10.2. The van der Waals surface area contributed by atoms with Gasteiger partial charge in [0.25, 0.3) is 5.56 Å². The van der Waals surface area contributed by atoms with E-state index in [1.165, 1.54) is 0 Å². The molecule has 0 radical (unpaired) electrons. The van der Waals surface area contributed by atoms with Gasteiger partial charge >= 0.3 is 0 Å². The maximum atomic E-state index is 13.0. The van der Waals surface area contributed by atoms with Gasteiger partial charge in [-0.05, 0) is 29.8 Å². The first kappa shape index (κ1) is 14.3. The van der Waals surface area contributed by atoms with Crippen LogP contribution in [-0.2, 0) is 6.54 Å². The van der Waals surface area contributed by atoms with Gasteiger partial charge in [-0.15, -0.1) is 0 Å². The van der Waals surface area contributed by atoms with Crippen molar-refractivity contribution in [3.8, 4) is 11.4 Å². The van der Waals surface area contributed by atoms with E-state index in [1.807, 2.05) is 66.7 Å². The van der Waals surface area contributed by atoms with Crippen molar-refractivity contribution in [3.63, 3.8) is 0 Å². The second kappa shape index (κ2) is 6.08. The standard InChI is InChI=1S/C20H15N3O/c24-20-17-10-4-5-11-18(17)22-19(16-9-6-12-21-13-16)23(20)14-15-7-2-1-3-8-15/h1-13H,14H2. The van der Waals surface area contributed by atoms with E-state index in [0.29, 0.717) is 23.3 Å². The Morgan fingerprint density at radius 1 is 0.875 bits per heavy atom. The largest absolute Gasteiger partial charge is 0.288 e. The van der Waals surface area contributed by atoms with Crippen molar-refractivity contribution in [2.75, 3.05) is 0 Å². The molecule has 0 amide bonds. The van der Waals surface area contributed by atoms with Gasteiger partial charge < -0.3 is 0 Å². The third-order valence-electron chi connectivity index (χ3n) is 3.96. The van der Waals surface area contributed by atoms with Crippen LogP contribution in [0.15, 0.2) is 83.9 Å². The van der Waals surface area contributed by atoms with Crippen molar-refractivity contribution in [3.05, 3.63) is 95.0 Å².